The first-order valence-corrected chi connectivity index (χ1v) is 4.20. The Balaban J connectivity index is 5.21. The first kappa shape index (κ1) is 15.2. The van der Waals surface area contributed by atoms with Gasteiger partial charge in [-0.15, -0.1) is 0 Å². The smallest absolute Gasteiger partial charge is 0.241 e. The second-order valence-electron chi connectivity index (χ2n) is 3.03. The third-order valence-corrected chi connectivity index (χ3v) is 1.80. The number of alkyl halides is 5. The summed E-state index contributed by atoms with van der Waals surface area (Å²) in [5, 5.41) is 0. The molecule has 0 spiro atoms. The summed E-state index contributed by atoms with van der Waals surface area (Å²) in [6.07, 6.45) is -8.17. The van der Waals surface area contributed by atoms with E-state index >= 15 is 0 Å². The summed E-state index contributed by atoms with van der Waals surface area (Å²) in [7, 11) is 0. The average molecular weight is 256 g/mol. The Hall–Kier alpha value is -0.820. The molecule has 0 heterocycles. The molecular weight excluding hydrogens is 248 g/mol. The van der Waals surface area contributed by atoms with E-state index in [-0.39, 0.29) is 6.42 Å². The van der Waals surface area contributed by atoms with E-state index in [0.29, 0.717) is 0 Å². The van der Waals surface area contributed by atoms with Crippen molar-refractivity contribution in [2.24, 2.45) is 0 Å². The number of rotatable bonds is 5. The van der Waals surface area contributed by atoms with Gasteiger partial charge in [0.15, 0.2) is 6.17 Å². The van der Waals surface area contributed by atoms with Crippen molar-refractivity contribution in [2.45, 2.75) is 37.8 Å². The van der Waals surface area contributed by atoms with Gasteiger partial charge in [-0.1, -0.05) is 13.3 Å². The predicted molar refractivity (Wildman–Crippen MR) is 40.0 cm³/mol. The van der Waals surface area contributed by atoms with Crippen LogP contribution >= 0.6 is 0 Å². The molecule has 0 radical (unpaired) electrons. The lowest BCUT2D eigenvalue weighted by Gasteiger charge is -2.27. The molecule has 1 atom stereocenters. The maximum Gasteiger partial charge on any atom is 0.369 e. The third-order valence-electron chi connectivity index (χ3n) is 1.80. The fraction of sp³-hybridized carbons (Fsp3) is 0.750. The molecule has 8 heteroatoms. The highest BCUT2D eigenvalue weighted by molar-refractivity contribution is 5.12. The van der Waals surface area contributed by atoms with Crippen molar-refractivity contribution in [3.63, 3.8) is 0 Å². The van der Waals surface area contributed by atoms with E-state index in [0.717, 1.165) is 0 Å². The predicted octanol–water partition coefficient (Wildman–Crippen LogP) is 4.47. The lowest BCUT2D eigenvalue weighted by atomic mass is 10.0. The molecule has 0 aromatic carbocycles. The van der Waals surface area contributed by atoms with Gasteiger partial charge < -0.3 is 0 Å². The molecule has 0 aromatic heterocycles. The van der Waals surface area contributed by atoms with Gasteiger partial charge >= 0.3 is 17.9 Å². The van der Waals surface area contributed by atoms with Crippen molar-refractivity contribution in [2.75, 3.05) is 0 Å². The van der Waals surface area contributed by atoms with Crippen LogP contribution in [0.4, 0.5) is 35.1 Å². The van der Waals surface area contributed by atoms with Crippen LogP contribution in [-0.4, -0.2) is 18.0 Å². The number of hydrogen-bond donors (Lipinski definition) is 0. The summed E-state index contributed by atoms with van der Waals surface area (Å²) in [5.41, 5.74) is 0. The maximum atomic E-state index is 12.7. The zero-order valence-corrected chi connectivity index (χ0v) is 8.02. The minimum atomic E-state index is -5.85. The summed E-state index contributed by atoms with van der Waals surface area (Å²) >= 11 is 0. The minimum absolute atomic E-state index is 0.212. The second-order valence-corrected chi connectivity index (χ2v) is 3.03. The first-order valence-electron chi connectivity index (χ1n) is 4.20. The van der Waals surface area contributed by atoms with Gasteiger partial charge in [0.1, 0.15) is 0 Å². The van der Waals surface area contributed by atoms with Gasteiger partial charge in [-0.05, 0) is 6.42 Å². The van der Waals surface area contributed by atoms with Crippen LogP contribution in [0.15, 0.2) is 11.9 Å². The highest BCUT2D eigenvalue weighted by atomic mass is 19.3. The number of hydrogen-bond acceptors (Lipinski definition) is 0. The van der Waals surface area contributed by atoms with Gasteiger partial charge in [-0.3, -0.25) is 0 Å². The molecule has 96 valence electrons. The van der Waals surface area contributed by atoms with Crippen molar-refractivity contribution >= 4 is 0 Å². The van der Waals surface area contributed by atoms with Crippen LogP contribution in [0.2, 0.25) is 0 Å². The molecule has 1 unspecified atom stereocenters. The monoisotopic (exact) mass is 256 g/mol. The van der Waals surface area contributed by atoms with Gasteiger partial charge in [0.2, 0.25) is 5.83 Å². The fourth-order valence-corrected chi connectivity index (χ4v) is 0.896. The third kappa shape index (κ3) is 2.65. The molecule has 0 aromatic rings. The Bertz CT molecular complexity index is 265. The quantitative estimate of drug-likeness (QED) is 0.636. The molecule has 0 fully saturated rings. The Labute approximate surface area is 85.9 Å². The molecule has 0 aliphatic carbocycles. The Morgan fingerprint density at radius 2 is 1.50 bits per heavy atom. The zero-order valence-electron chi connectivity index (χ0n) is 8.02. The Kier molecular flexibility index (Phi) is 4.75. The van der Waals surface area contributed by atoms with Gasteiger partial charge in [-0.2, -0.15) is 30.7 Å². The molecule has 0 N–H and O–H groups in total. The van der Waals surface area contributed by atoms with Crippen LogP contribution in [0.25, 0.3) is 0 Å². The van der Waals surface area contributed by atoms with Gasteiger partial charge in [-0.25, -0.2) is 4.39 Å². The van der Waals surface area contributed by atoms with Crippen molar-refractivity contribution in [3.8, 4) is 0 Å². The minimum Gasteiger partial charge on any atom is -0.241 e. The lowest BCUT2D eigenvalue weighted by Crippen LogP contribution is -2.48. The molecular formula is C8H8F8. The topological polar surface area (TPSA) is 0 Å². The zero-order chi connectivity index (χ0) is 13.1. The van der Waals surface area contributed by atoms with E-state index in [1.165, 1.54) is 6.92 Å². The molecule has 0 nitrogen and oxygen atoms in total. The molecule has 0 aliphatic rings. The van der Waals surface area contributed by atoms with Crippen LogP contribution in [0, 0.1) is 0 Å². The summed E-state index contributed by atoms with van der Waals surface area (Å²) in [6, 6.07) is 0. The first-order chi connectivity index (χ1) is 7.09. The number of allylic oxidation sites excluding steroid dienone is 1. The van der Waals surface area contributed by atoms with Gasteiger partial charge in [0.25, 0.3) is 0 Å². The van der Waals surface area contributed by atoms with Crippen molar-refractivity contribution in [3.05, 3.63) is 11.9 Å². The van der Waals surface area contributed by atoms with Crippen LogP contribution < -0.4 is 0 Å². The van der Waals surface area contributed by atoms with E-state index in [9.17, 15) is 35.1 Å². The molecule has 0 bridgehead atoms. The maximum absolute atomic E-state index is 12.7. The molecule has 16 heavy (non-hydrogen) atoms. The van der Waals surface area contributed by atoms with Gasteiger partial charge in [0.05, 0.1) is 0 Å². The molecule has 0 rings (SSSR count). The fourth-order valence-electron chi connectivity index (χ4n) is 0.896. The van der Waals surface area contributed by atoms with Crippen LogP contribution in [0.3, 0.4) is 0 Å². The highest BCUT2D eigenvalue weighted by Crippen LogP contribution is 2.46. The normalized spacial score (nSPS) is 14.8. The van der Waals surface area contributed by atoms with Crippen molar-refractivity contribution < 1.29 is 35.1 Å². The summed E-state index contributed by atoms with van der Waals surface area (Å²) in [4.78, 5) is 0. The SMILES string of the molecule is CCCC(F)C(F)(F)C(F)(F)C(F)=C(F)F. The average Bonchev–Trinajstić information content (AvgIpc) is 2.16. The van der Waals surface area contributed by atoms with Crippen LogP contribution in [0.1, 0.15) is 19.8 Å². The number of halogens is 8. The van der Waals surface area contributed by atoms with Crippen molar-refractivity contribution in [1.82, 2.24) is 0 Å². The Morgan fingerprint density at radius 1 is 1.06 bits per heavy atom. The molecule has 0 amide bonds. The summed E-state index contributed by atoms with van der Waals surface area (Å²) < 4.78 is 98.1. The van der Waals surface area contributed by atoms with Crippen molar-refractivity contribution in [1.29, 1.82) is 0 Å². The summed E-state index contributed by atoms with van der Waals surface area (Å²) in [5.74, 6) is -15.0. The van der Waals surface area contributed by atoms with E-state index in [1.807, 2.05) is 0 Å². The van der Waals surface area contributed by atoms with Crippen LogP contribution in [-0.2, 0) is 0 Å². The highest BCUT2D eigenvalue weighted by Gasteiger charge is 2.65. The second kappa shape index (κ2) is 5.01. The molecule has 0 saturated carbocycles. The lowest BCUT2D eigenvalue weighted by molar-refractivity contribution is -0.229. The molecule has 0 saturated heterocycles. The van der Waals surface area contributed by atoms with Crippen LogP contribution in [0.5, 0.6) is 0 Å². The van der Waals surface area contributed by atoms with E-state index in [2.05, 4.69) is 0 Å². The standard InChI is InChI=1S/C8H8F8/c1-2-3-4(9)7(13,14)8(15,16)5(10)6(11)12/h4H,2-3H2,1H3. The van der Waals surface area contributed by atoms with Gasteiger partial charge in [0, 0.05) is 0 Å². The summed E-state index contributed by atoms with van der Waals surface area (Å²) in [6.45, 7) is 1.22. The van der Waals surface area contributed by atoms with E-state index in [1.54, 1.807) is 0 Å². The van der Waals surface area contributed by atoms with E-state index < -0.39 is 36.3 Å². The largest absolute Gasteiger partial charge is 0.369 e. The van der Waals surface area contributed by atoms with E-state index in [4.69, 9.17) is 0 Å². The Morgan fingerprint density at radius 3 is 1.81 bits per heavy atom. The molecule has 0 aliphatic heterocycles.